The number of nitrogens with one attached hydrogen (secondary N) is 1. The monoisotopic (exact) mass is 347 g/mol. The Morgan fingerprint density at radius 3 is 2.73 bits per heavy atom. The highest BCUT2D eigenvalue weighted by atomic mass is 16.5. The molecule has 0 spiro atoms. The van der Waals surface area contributed by atoms with Crippen molar-refractivity contribution in [1.82, 2.24) is 15.5 Å². The van der Waals surface area contributed by atoms with Crippen LogP contribution in [-0.4, -0.2) is 22.6 Å². The molecule has 1 N–H and O–H groups in total. The van der Waals surface area contributed by atoms with Gasteiger partial charge in [-0.15, -0.1) is 0 Å². The molecule has 0 atom stereocenters. The van der Waals surface area contributed by atoms with Crippen LogP contribution in [0.15, 0.2) is 40.9 Å². The summed E-state index contributed by atoms with van der Waals surface area (Å²) in [5.41, 5.74) is 4.17. The maximum Gasteiger partial charge on any atom is 0.259 e. The van der Waals surface area contributed by atoms with E-state index in [0.29, 0.717) is 29.4 Å². The lowest BCUT2D eigenvalue weighted by molar-refractivity contribution is 0.0951. The Bertz CT molecular complexity index is 985. The SMILES string of the molecule is Cc1noc2nc(C3CC3)cc(C(=O)NCC3(c4ccccc4)CC3)c12. The van der Waals surface area contributed by atoms with Crippen LogP contribution in [0, 0.1) is 6.92 Å². The number of hydrogen-bond donors (Lipinski definition) is 1. The number of nitrogens with zero attached hydrogens (tertiary/aromatic N) is 2. The molecule has 2 aliphatic rings. The summed E-state index contributed by atoms with van der Waals surface area (Å²) in [5, 5.41) is 7.90. The molecule has 0 unspecified atom stereocenters. The summed E-state index contributed by atoms with van der Waals surface area (Å²) in [6, 6.07) is 12.4. The third-order valence-corrected chi connectivity index (χ3v) is 5.70. The van der Waals surface area contributed by atoms with Crippen LogP contribution in [0.2, 0.25) is 0 Å². The van der Waals surface area contributed by atoms with Crippen molar-refractivity contribution in [2.75, 3.05) is 6.54 Å². The molecule has 5 rings (SSSR count). The molecule has 1 aromatic carbocycles. The molecule has 3 aromatic rings. The first kappa shape index (κ1) is 15.6. The predicted octanol–water partition coefficient (Wildman–Crippen LogP) is 3.87. The minimum atomic E-state index is -0.0622. The quantitative estimate of drug-likeness (QED) is 0.761. The number of carbonyl (C=O) groups is 1. The molecule has 2 aromatic heterocycles. The van der Waals surface area contributed by atoms with Crippen molar-refractivity contribution in [1.29, 1.82) is 0 Å². The Labute approximate surface area is 151 Å². The van der Waals surface area contributed by atoms with Gasteiger partial charge in [0.25, 0.3) is 11.6 Å². The van der Waals surface area contributed by atoms with Gasteiger partial charge in [-0.25, -0.2) is 4.98 Å². The third-order valence-electron chi connectivity index (χ3n) is 5.70. The van der Waals surface area contributed by atoms with Crippen molar-refractivity contribution in [2.45, 2.75) is 43.9 Å². The van der Waals surface area contributed by atoms with Gasteiger partial charge >= 0.3 is 0 Å². The lowest BCUT2D eigenvalue weighted by Crippen LogP contribution is -2.32. The van der Waals surface area contributed by atoms with Gasteiger partial charge in [-0.2, -0.15) is 0 Å². The molecule has 0 saturated heterocycles. The normalized spacial score (nSPS) is 18.0. The minimum absolute atomic E-state index is 0.0622. The second-order valence-corrected chi connectivity index (χ2v) is 7.65. The van der Waals surface area contributed by atoms with Crippen LogP contribution in [0.5, 0.6) is 0 Å². The van der Waals surface area contributed by atoms with Crippen molar-refractivity contribution >= 4 is 17.0 Å². The Balaban J connectivity index is 1.43. The summed E-state index contributed by atoms with van der Waals surface area (Å²) >= 11 is 0. The summed E-state index contributed by atoms with van der Waals surface area (Å²) in [4.78, 5) is 17.6. The van der Waals surface area contributed by atoms with E-state index in [1.165, 1.54) is 5.56 Å². The van der Waals surface area contributed by atoms with E-state index in [1.807, 2.05) is 19.1 Å². The van der Waals surface area contributed by atoms with Crippen molar-refractivity contribution in [3.05, 3.63) is 58.9 Å². The number of benzene rings is 1. The zero-order chi connectivity index (χ0) is 17.7. The zero-order valence-corrected chi connectivity index (χ0v) is 14.8. The number of aryl methyl sites for hydroxylation is 1. The summed E-state index contributed by atoms with van der Waals surface area (Å²) in [5.74, 6) is 0.392. The lowest BCUT2D eigenvalue weighted by Gasteiger charge is -2.17. The molecular weight excluding hydrogens is 326 g/mol. The van der Waals surface area contributed by atoms with Gasteiger partial charge in [0.15, 0.2) is 0 Å². The van der Waals surface area contributed by atoms with Crippen LogP contribution in [0.1, 0.15) is 58.9 Å². The maximum atomic E-state index is 13.0. The van der Waals surface area contributed by atoms with E-state index >= 15 is 0 Å². The summed E-state index contributed by atoms with van der Waals surface area (Å²) in [6.07, 6.45) is 4.49. The van der Waals surface area contributed by atoms with E-state index in [1.54, 1.807) is 0 Å². The van der Waals surface area contributed by atoms with Crippen LogP contribution in [0.4, 0.5) is 0 Å². The molecule has 2 aliphatic carbocycles. The average molecular weight is 347 g/mol. The van der Waals surface area contributed by atoms with E-state index < -0.39 is 0 Å². The van der Waals surface area contributed by atoms with Crippen molar-refractivity contribution in [2.24, 2.45) is 0 Å². The largest absolute Gasteiger partial charge is 0.351 e. The second-order valence-electron chi connectivity index (χ2n) is 7.65. The second kappa shape index (κ2) is 5.66. The Morgan fingerprint density at radius 2 is 2.04 bits per heavy atom. The number of fused-ring (bicyclic) bond motifs is 1. The Hall–Kier alpha value is -2.69. The van der Waals surface area contributed by atoms with Gasteiger partial charge in [0, 0.05) is 23.6 Å². The standard InChI is InChI=1S/C21H21N3O2/c1-13-18-16(11-17(14-7-8-14)23-20(18)26-24-13)19(25)22-12-21(9-10-21)15-5-3-2-4-6-15/h2-6,11,14H,7-10,12H2,1H3,(H,22,25). The van der Waals surface area contributed by atoms with E-state index in [2.05, 4.69) is 39.7 Å². The number of carbonyl (C=O) groups excluding carboxylic acids is 1. The topological polar surface area (TPSA) is 68.0 Å². The summed E-state index contributed by atoms with van der Waals surface area (Å²) < 4.78 is 5.34. The molecule has 0 aliphatic heterocycles. The molecule has 5 heteroatoms. The number of aromatic nitrogens is 2. The number of amides is 1. The Kier molecular flexibility index (Phi) is 3.39. The fourth-order valence-electron chi connectivity index (χ4n) is 3.74. The van der Waals surface area contributed by atoms with Crippen LogP contribution in [0.3, 0.4) is 0 Å². The number of rotatable bonds is 5. The summed E-state index contributed by atoms with van der Waals surface area (Å²) in [6.45, 7) is 2.51. The fourth-order valence-corrected chi connectivity index (χ4v) is 3.74. The first-order valence-corrected chi connectivity index (χ1v) is 9.27. The zero-order valence-electron chi connectivity index (χ0n) is 14.8. The van der Waals surface area contributed by atoms with Crippen LogP contribution >= 0.6 is 0 Å². The van der Waals surface area contributed by atoms with Crippen molar-refractivity contribution in [3.8, 4) is 0 Å². The fraction of sp³-hybridized carbons (Fsp3) is 0.381. The molecule has 5 nitrogen and oxygen atoms in total. The van der Waals surface area contributed by atoms with Gasteiger partial charge in [-0.1, -0.05) is 35.5 Å². The van der Waals surface area contributed by atoms with E-state index in [-0.39, 0.29) is 11.3 Å². The molecule has 2 fully saturated rings. The van der Waals surface area contributed by atoms with Crippen molar-refractivity contribution in [3.63, 3.8) is 0 Å². The van der Waals surface area contributed by atoms with E-state index in [9.17, 15) is 4.79 Å². The first-order chi connectivity index (χ1) is 12.7. The predicted molar refractivity (Wildman–Crippen MR) is 98.2 cm³/mol. The molecular formula is C21H21N3O2. The molecule has 2 saturated carbocycles. The van der Waals surface area contributed by atoms with Gasteiger partial charge in [-0.3, -0.25) is 4.79 Å². The molecule has 1 amide bonds. The van der Waals surface area contributed by atoms with Gasteiger partial charge in [0.1, 0.15) is 0 Å². The van der Waals surface area contributed by atoms with Gasteiger partial charge < -0.3 is 9.84 Å². The highest BCUT2D eigenvalue weighted by molar-refractivity contribution is 6.06. The molecule has 0 radical (unpaired) electrons. The lowest BCUT2D eigenvalue weighted by atomic mass is 9.96. The smallest absolute Gasteiger partial charge is 0.259 e. The molecule has 26 heavy (non-hydrogen) atoms. The highest BCUT2D eigenvalue weighted by Gasteiger charge is 2.44. The average Bonchev–Trinajstić information content (AvgIpc) is 3.59. The third kappa shape index (κ3) is 2.59. The van der Waals surface area contributed by atoms with E-state index in [0.717, 1.165) is 36.8 Å². The summed E-state index contributed by atoms with van der Waals surface area (Å²) in [7, 11) is 0. The Morgan fingerprint density at radius 1 is 1.27 bits per heavy atom. The van der Waals surface area contributed by atoms with Gasteiger partial charge in [0.05, 0.1) is 16.6 Å². The van der Waals surface area contributed by atoms with Crippen LogP contribution in [-0.2, 0) is 5.41 Å². The van der Waals surface area contributed by atoms with Crippen LogP contribution in [0.25, 0.3) is 11.1 Å². The molecule has 2 heterocycles. The molecule has 0 bridgehead atoms. The van der Waals surface area contributed by atoms with Crippen molar-refractivity contribution < 1.29 is 9.32 Å². The maximum absolute atomic E-state index is 13.0. The van der Waals surface area contributed by atoms with Gasteiger partial charge in [-0.05, 0) is 44.2 Å². The minimum Gasteiger partial charge on any atom is -0.351 e. The van der Waals surface area contributed by atoms with Gasteiger partial charge in [0.2, 0.25) is 0 Å². The highest BCUT2D eigenvalue weighted by Crippen LogP contribution is 2.47. The molecule has 132 valence electrons. The first-order valence-electron chi connectivity index (χ1n) is 9.27. The van der Waals surface area contributed by atoms with E-state index in [4.69, 9.17) is 4.52 Å². The number of pyridine rings is 1. The van der Waals surface area contributed by atoms with Crippen LogP contribution < -0.4 is 5.32 Å². The number of hydrogen-bond acceptors (Lipinski definition) is 4.